The molecule has 0 radical (unpaired) electrons. The van der Waals surface area contributed by atoms with Crippen molar-refractivity contribution in [1.29, 1.82) is 0 Å². The molecular formula is C13H24N2O5. The van der Waals surface area contributed by atoms with Crippen molar-refractivity contribution in [1.82, 2.24) is 10.2 Å². The molecule has 116 valence electrons. The van der Waals surface area contributed by atoms with Crippen LogP contribution in [0, 0.1) is 0 Å². The fraction of sp³-hybridized carbons (Fsp3) is 0.769. The minimum atomic E-state index is -0.329. The highest BCUT2D eigenvalue weighted by Gasteiger charge is 2.14. The van der Waals surface area contributed by atoms with Crippen LogP contribution in [0.2, 0.25) is 0 Å². The van der Waals surface area contributed by atoms with E-state index in [1.54, 1.807) is 11.8 Å². The number of rotatable bonds is 10. The van der Waals surface area contributed by atoms with Gasteiger partial charge in [0, 0.05) is 33.7 Å². The van der Waals surface area contributed by atoms with Crippen LogP contribution in [0.25, 0.3) is 0 Å². The third kappa shape index (κ3) is 9.32. The van der Waals surface area contributed by atoms with Crippen molar-refractivity contribution in [3.63, 3.8) is 0 Å². The molecule has 0 rings (SSSR count). The minimum Gasteiger partial charge on any atom is -0.466 e. The summed E-state index contributed by atoms with van der Waals surface area (Å²) in [6.45, 7) is 4.72. The molecule has 0 aromatic carbocycles. The van der Waals surface area contributed by atoms with Crippen molar-refractivity contribution in [2.45, 2.75) is 26.7 Å². The maximum absolute atomic E-state index is 11.8. The van der Waals surface area contributed by atoms with Crippen LogP contribution < -0.4 is 5.32 Å². The zero-order valence-corrected chi connectivity index (χ0v) is 12.4. The molecule has 0 aliphatic rings. The van der Waals surface area contributed by atoms with Crippen LogP contribution in [0.15, 0.2) is 0 Å². The van der Waals surface area contributed by atoms with E-state index in [0.29, 0.717) is 32.7 Å². The zero-order chi connectivity index (χ0) is 15.4. The summed E-state index contributed by atoms with van der Waals surface area (Å²) in [5, 5.41) is 2.66. The average Bonchev–Trinajstić information content (AvgIpc) is 2.38. The van der Waals surface area contributed by atoms with Gasteiger partial charge in [-0.15, -0.1) is 0 Å². The van der Waals surface area contributed by atoms with E-state index in [1.807, 2.05) is 0 Å². The van der Waals surface area contributed by atoms with Crippen molar-refractivity contribution in [2.75, 3.05) is 40.0 Å². The van der Waals surface area contributed by atoms with E-state index in [0.717, 1.165) is 0 Å². The van der Waals surface area contributed by atoms with Gasteiger partial charge in [0.15, 0.2) is 0 Å². The Morgan fingerprint density at radius 3 is 2.45 bits per heavy atom. The zero-order valence-electron chi connectivity index (χ0n) is 12.4. The van der Waals surface area contributed by atoms with Crippen LogP contribution in [-0.4, -0.2) is 62.6 Å². The molecule has 0 heterocycles. The summed E-state index contributed by atoms with van der Waals surface area (Å²) in [6.07, 6.45) is 0.779. The molecule has 7 nitrogen and oxygen atoms in total. The lowest BCUT2D eigenvalue weighted by atomic mass is 10.3. The monoisotopic (exact) mass is 288 g/mol. The first-order valence-corrected chi connectivity index (χ1v) is 6.68. The number of ether oxygens (including phenoxy) is 2. The topological polar surface area (TPSA) is 84.9 Å². The van der Waals surface area contributed by atoms with Crippen LogP contribution in [0.5, 0.6) is 0 Å². The average molecular weight is 288 g/mol. The lowest BCUT2D eigenvalue weighted by Gasteiger charge is -2.22. The highest BCUT2D eigenvalue weighted by atomic mass is 16.5. The van der Waals surface area contributed by atoms with Crippen molar-refractivity contribution < 1.29 is 23.9 Å². The molecule has 0 aliphatic carbocycles. The summed E-state index contributed by atoms with van der Waals surface area (Å²) in [7, 11) is 1.44. The molecule has 0 saturated heterocycles. The van der Waals surface area contributed by atoms with Crippen molar-refractivity contribution >= 4 is 17.8 Å². The molecule has 0 spiro atoms. The number of methoxy groups -OCH3 is 1. The summed E-state index contributed by atoms with van der Waals surface area (Å²) >= 11 is 0. The third-order valence-corrected chi connectivity index (χ3v) is 2.49. The SMILES string of the molecule is CCOC(=O)CCN(CCCNC(C)=O)C(=O)COC. The molecule has 20 heavy (non-hydrogen) atoms. The summed E-state index contributed by atoms with van der Waals surface area (Å²) in [6, 6.07) is 0. The quantitative estimate of drug-likeness (QED) is 0.450. The van der Waals surface area contributed by atoms with Crippen LogP contribution in [0.3, 0.4) is 0 Å². The van der Waals surface area contributed by atoms with Crippen LogP contribution >= 0.6 is 0 Å². The predicted molar refractivity (Wildman–Crippen MR) is 73.0 cm³/mol. The lowest BCUT2D eigenvalue weighted by Crippen LogP contribution is -2.37. The molecule has 7 heteroatoms. The number of hydrogen-bond acceptors (Lipinski definition) is 5. The van der Waals surface area contributed by atoms with Crippen molar-refractivity contribution in [3.8, 4) is 0 Å². The fourth-order valence-electron chi connectivity index (χ4n) is 1.57. The molecule has 0 aromatic rings. The second-order valence-electron chi connectivity index (χ2n) is 4.21. The summed E-state index contributed by atoms with van der Waals surface area (Å²) in [5.74, 6) is -0.615. The largest absolute Gasteiger partial charge is 0.466 e. The van der Waals surface area contributed by atoms with Crippen LogP contribution in [0.1, 0.15) is 26.7 Å². The molecule has 0 unspecified atom stereocenters. The molecule has 2 amide bonds. The fourth-order valence-corrected chi connectivity index (χ4v) is 1.57. The normalized spacial score (nSPS) is 9.95. The van der Waals surface area contributed by atoms with Gasteiger partial charge in [-0.2, -0.15) is 0 Å². The second-order valence-corrected chi connectivity index (χ2v) is 4.21. The Morgan fingerprint density at radius 2 is 1.90 bits per heavy atom. The third-order valence-electron chi connectivity index (χ3n) is 2.49. The Bertz CT molecular complexity index is 320. The number of carbonyl (C=O) groups is 3. The predicted octanol–water partition coefficient (Wildman–Crippen LogP) is -0.0592. The van der Waals surface area contributed by atoms with E-state index < -0.39 is 0 Å². The van der Waals surface area contributed by atoms with Gasteiger partial charge in [0.1, 0.15) is 6.61 Å². The van der Waals surface area contributed by atoms with E-state index >= 15 is 0 Å². The molecule has 0 atom stereocenters. The number of carbonyl (C=O) groups excluding carboxylic acids is 3. The summed E-state index contributed by atoms with van der Waals surface area (Å²) in [4.78, 5) is 35.4. The highest BCUT2D eigenvalue weighted by Crippen LogP contribution is 1.98. The molecule has 1 N–H and O–H groups in total. The summed E-state index contributed by atoms with van der Waals surface area (Å²) in [5.41, 5.74) is 0. The van der Waals surface area contributed by atoms with Crippen molar-refractivity contribution in [2.24, 2.45) is 0 Å². The van der Waals surface area contributed by atoms with Crippen LogP contribution in [0.4, 0.5) is 0 Å². The molecule has 0 saturated carbocycles. The molecule has 0 bridgehead atoms. The Balaban J connectivity index is 4.16. The van der Waals surface area contributed by atoms with Crippen molar-refractivity contribution in [3.05, 3.63) is 0 Å². The van der Waals surface area contributed by atoms with E-state index in [9.17, 15) is 14.4 Å². The van der Waals surface area contributed by atoms with Gasteiger partial charge in [-0.05, 0) is 13.3 Å². The maximum Gasteiger partial charge on any atom is 0.307 e. The van der Waals surface area contributed by atoms with Gasteiger partial charge in [0.05, 0.1) is 13.0 Å². The van der Waals surface area contributed by atoms with Gasteiger partial charge in [0.25, 0.3) is 0 Å². The number of hydrogen-bond donors (Lipinski definition) is 1. The maximum atomic E-state index is 11.8. The Kier molecular flexibility index (Phi) is 10.3. The summed E-state index contributed by atoms with van der Waals surface area (Å²) < 4.78 is 9.63. The van der Waals surface area contributed by atoms with Gasteiger partial charge in [-0.3, -0.25) is 14.4 Å². The number of amides is 2. The Morgan fingerprint density at radius 1 is 1.20 bits per heavy atom. The lowest BCUT2D eigenvalue weighted by molar-refractivity contribution is -0.144. The van der Waals surface area contributed by atoms with E-state index in [1.165, 1.54) is 14.0 Å². The first-order chi connectivity index (χ1) is 9.51. The second kappa shape index (κ2) is 11.2. The smallest absolute Gasteiger partial charge is 0.307 e. The Hall–Kier alpha value is -1.63. The first kappa shape index (κ1) is 18.4. The van der Waals surface area contributed by atoms with E-state index in [4.69, 9.17) is 9.47 Å². The Labute approximate surface area is 119 Å². The van der Waals surface area contributed by atoms with Gasteiger partial charge in [-0.25, -0.2) is 0 Å². The van der Waals surface area contributed by atoms with Gasteiger partial charge < -0.3 is 19.7 Å². The molecule has 0 aliphatic heterocycles. The van der Waals surface area contributed by atoms with Gasteiger partial charge >= 0.3 is 5.97 Å². The van der Waals surface area contributed by atoms with Crippen LogP contribution in [-0.2, 0) is 23.9 Å². The van der Waals surface area contributed by atoms with Gasteiger partial charge in [-0.1, -0.05) is 0 Å². The van der Waals surface area contributed by atoms with E-state index in [2.05, 4.69) is 5.32 Å². The molecule has 0 aromatic heterocycles. The van der Waals surface area contributed by atoms with Gasteiger partial charge in [0.2, 0.25) is 11.8 Å². The molecule has 0 fully saturated rings. The first-order valence-electron chi connectivity index (χ1n) is 6.68. The number of nitrogens with one attached hydrogen (secondary N) is 1. The molecular weight excluding hydrogens is 264 g/mol. The highest BCUT2D eigenvalue weighted by molar-refractivity contribution is 5.78. The number of nitrogens with zero attached hydrogens (tertiary/aromatic N) is 1. The minimum absolute atomic E-state index is 0.0248. The standard InChI is InChI=1S/C13H24N2O5/c1-4-20-13(18)6-9-15(12(17)10-19-3)8-5-7-14-11(2)16/h4-10H2,1-3H3,(H,14,16). The number of esters is 1. The van der Waals surface area contributed by atoms with E-state index in [-0.39, 0.29) is 30.8 Å².